The van der Waals surface area contributed by atoms with Crippen LogP contribution < -0.4 is 5.32 Å². The van der Waals surface area contributed by atoms with E-state index in [2.05, 4.69) is 37.4 Å². The highest BCUT2D eigenvalue weighted by molar-refractivity contribution is 5.04. The molecule has 0 amide bonds. The molecule has 2 atom stereocenters. The van der Waals surface area contributed by atoms with Crippen molar-refractivity contribution in [3.8, 4) is 0 Å². The van der Waals surface area contributed by atoms with Crippen LogP contribution in [0.15, 0.2) is 12.4 Å². The summed E-state index contributed by atoms with van der Waals surface area (Å²) in [5.74, 6) is 0.814. The molecule has 1 aromatic rings. The van der Waals surface area contributed by atoms with Gasteiger partial charge in [0, 0.05) is 19.3 Å². The van der Waals surface area contributed by atoms with Crippen molar-refractivity contribution in [2.24, 2.45) is 18.4 Å². The minimum atomic E-state index is 0.485. The number of nitrogens with one attached hydrogen (secondary N) is 1. The molecule has 2 rings (SSSR count). The number of aryl methyl sites for hydroxylation is 2. The van der Waals surface area contributed by atoms with E-state index in [0.717, 1.165) is 18.9 Å². The van der Waals surface area contributed by atoms with Crippen LogP contribution >= 0.6 is 0 Å². The van der Waals surface area contributed by atoms with Crippen molar-refractivity contribution >= 4 is 0 Å². The summed E-state index contributed by atoms with van der Waals surface area (Å²) in [5.41, 5.74) is 1.85. The molecule has 120 valence electrons. The highest BCUT2D eigenvalue weighted by atomic mass is 15.2. The van der Waals surface area contributed by atoms with Gasteiger partial charge in [0.1, 0.15) is 0 Å². The normalized spacial score (nSPS) is 23.1. The predicted octanol–water partition coefficient (Wildman–Crippen LogP) is 3.94. The molecule has 1 fully saturated rings. The van der Waals surface area contributed by atoms with Crippen molar-refractivity contribution in [1.29, 1.82) is 0 Å². The van der Waals surface area contributed by atoms with Crippen LogP contribution in [-0.2, 0) is 13.5 Å². The summed E-state index contributed by atoms with van der Waals surface area (Å²) in [6, 6.07) is 0.653. The lowest BCUT2D eigenvalue weighted by molar-refractivity contribution is 0.0948. The van der Waals surface area contributed by atoms with Gasteiger partial charge in [-0.15, -0.1) is 0 Å². The molecule has 3 heteroatoms. The number of aromatic nitrogens is 2. The molecule has 3 nitrogen and oxygen atoms in total. The van der Waals surface area contributed by atoms with E-state index in [-0.39, 0.29) is 0 Å². The van der Waals surface area contributed by atoms with Crippen LogP contribution in [-0.4, -0.2) is 22.4 Å². The van der Waals surface area contributed by atoms with E-state index >= 15 is 0 Å². The number of nitrogens with zero attached hydrogens (tertiary/aromatic N) is 2. The maximum absolute atomic E-state index is 4.29. The molecule has 2 unspecified atom stereocenters. The average molecular weight is 291 g/mol. The average Bonchev–Trinajstić information content (AvgIpc) is 2.85. The molecule has 0 aromatic carbocycles. The summed E-state index contributed by atoms with van der Waals surface area (Å²) in [6.45, 7) is 8.35. The molecule has 1 aliphatic carbocycles. The minimum Gasteiger partial charge on any atom is -0.314 e. The van der Waals surface area contributed by atoms with Crippen LogP contribution in [0.4, 0.5) is 0 Å². The molecule has 1 heterocycles. The van der Waals surface area contributed by atoms with Crippen LogP contribution in [0, 0.1) is 11.3 Å². The Bertz CT molecular complexity index is 422. The molecule has 0 spiro atoms. The van der Waals surface area contributed by atoms with E-state index in [0.29, 0.717) is 11.5 Å². The number of hydrogen-bond donors (Lipinski definition) is 1. The van der Waals surface area contributed by atoms with Gasteiger partial charge in [0.15, 0.2) is 0 Å². The summed E-state index contributed by atoms with van der Waals surface area (Å²) >= 11 is 0. The van der Waals surface area contributed by atoms with Crippen molar-refractivity contribution in [3.63, 3.8) is 0 Å². The summed E-state index contributed by atoms with van der Waals surface area (Å²) in [5, 5.41) is 8.14. The highest BCUT2D eigenvalue weighted by Gasteiger charge is 2.36. The second kappa shape index (κ2) is 7.44. The first kappa shape index (κ1) is 16.5. The van der Waals surface area contributed by atoms with Gasteiger partial charge < -0.3 is 5.32 Å². The van der Waals surface area contributed by atoms with Crippen LogP contribution in [0.1, 0.15) is 64.9 Å². The molecular formula is C18H33N3. The van der Waals surface area contributed by atoms with Crippen molar-refractivity contribution in [1.82, 2.24) is 15.1 Å². The smallest absolute Gasteiger partial charge is 0.0521 e. The molecule has 0 aliphatic heterocycles. The molecule has 0 saturated heterocycles. The fraction of sp³-hybridized carbons (Fsp3) is 0.833. The zero-order valence-corrected chi connectivity index (χ0v) is 14.4. The Morgan fingerprint density at radius 3 is 2.86 bits per heavy atom. The van der Waals surface area contributed by atoms with Gasteiger partial charge in [0.2, 0.25) is 0 Å². The molecule has 0 bridgehead atoms. The molecule has 1 N–H and O–H groups in total. The maximum atomic E-state index is 4.29. The second-order valence-corrected chi connectivity index (χ2v) is 7.46. The van der Waals surface area contributed by atoms with Gasteiger partial charge in [0.05, 0.1) is 6.20 Å². The zero-order chi connectivity index (χ0) is 15.3. The van der Waals surface area contributed by atoms with Crippen molar-refractivity contribution in [2.45, 2.75) is 71.8 Å². The topological polar surface area (TPSA) is 29.9 Å². The Balaban J connectivity index is 1.99. The number of rotatable bonds is 7. The Morgan fingerprint density at radius 2 is 2.24 bits per heavy atom. The second-order valence-electron chi connectivity index (χ2n) is 7.46. The highest BCUT2D eigenvalue weighted by Crippen LogP contribution is 2.43. The molecule has 1 aliphatic rings. The Morgan fingerprint density at radius 1 is 1.43 bits per heavy atom. The van der Waals surface area contributed by atoms with E-state index in [4.69, 9.17) is 0 Å². The Hall–Kier alpha value is -0.830. The van der Waals surface area contributed by atoms with E-state index < -0.39 is 0 Å². The lowest BCUT2D eigenvalue weighted by Gasteiger charge is -2.43. The first-order valence-corrected chi connectivity index (χ1v) is 8.74. The monoisotopic (exact) mass is 291 g/mol. The third-order valence-corrected chi connectivity index (χ3v) is 5.23. The quantitative estimate of drug-likeness (QED) is 0.824. The first-order valence-electron chi connectivity index (χ1n) is 8.74. The van der Waals surface area contributed by atoms with Crippen LogP contribution in [0.3, 0.4) is 0 Å². The molecule has 1 aromatic heterocycles. The van der Waals surface area contributed by atoms with Crippen LogP contribution in [0.25, 0.3) is 0 Å². The van der Waals surface area contributed by atoms with Gasteiger partial charge in [-0.1, -0.05) is 33.6 Å². The summed E-state index contributed by atoms with van der Waals surface area (Å²) in [6.07, 6.45) is 13.4. The summed E-state index contributed by atoms with van der Waals surface area (Å²) < 4.78 is 1.91. The molecule has 1 saturated carbocycles. The lowest BCUT2D eigenvalue weighted by Crippen LogP contribution is -2.45. The van der Waals surface area contributed by atoms with Gasteiger partial charge in [-0.2, -0.15) is 5.10 Å². The zero-order valence-electron chi connectivity index (χ0n) is 14.4. The molecular weight excluding hydrogens is 258 g/mol. The molecule has 21 heavy (non-hydrogen) atoms. The number of hydrogen-bond acceptors (Lipinski definition) is 2. The van der Waals surface area contributed by atoms with Gasteiger partial charge in [-0.25, -0.2) is 0 Å². The fourth-order valence-electron chi connectivity index (χ4n) is 3.97. The standard InChI is InChI=1S/C18H33N3/c1-5-12-19-17(10-9-15-13-20-21(4)14-15)16-8-6-7-11-18(16,2)3/h13-14,16-17,19H,5-12H2,1-4H3. The van der Waals surface area contributed by atoms with Crippen molar-refractivity contribution < 1.29 is 0 Å². The van der Waals surface area contributed by atoms with E-state index in [1.165, 1.54) is 44.1 Å². The van der Waals surface area contributed by atoms with Crippen LogP contribution in [0.2, 0.25) is 0 Å². The first-order chi connectivity index (χ1) is 10.0. The van der Waals surface area contributed by atoms with Gasteiger partial charge >= 0.3 is 0 Å². The Labute approximate surface area is 130 Å². The summed E-state index contributed by atoms with van der Waals surface area (Å²) in [7, 11) is 2.00. The third-order valence-electron chi connectivity index (χ3n) is 5.23. The minimum absolute atomic E-state index is 0.485. The third kappa shape index (κ3) is 4.57. The largest absolute Gasteiger partial charge is 0.314 e. The van der Waals surface area contributed by atoms with Crippen molar-refractivity contribution in [3.05, 3.63) is 18.0 Å². The van der Waals surface area contributed by atoms with E-state index in [9.17, 15) is 0 Å². The van der Waals surface area contributed by atoms with Gasteiger partial charge in [-0.05, 0) is 55.5 Å². The summed E-state index contributed by atoms with van der Waals surface area (Å²) in [4.78, 5) is 0. The lowest BCUT2D eigenvalue weighted by atomic mass is 9.65. The fourth-order valence-corrected chi connectivity index (χ4v) is 3.97. The van der Waals surface area contributed by atoms with E-state index in [1.54, 1.807) is 0 Å². The Kier molecular flexibility index (Phi) is 5.86. The van der Waals surface area contributed by atoms with Crippen molar-refractivity contribution in [2.75, 3.05) is 6.54 Å². The predicted molar refractivity (Wildman–Crippen MR) is 89.3 cm³/mol. The maximum Gasteiger partial charge on any atom is 0.0521 e. The van der Waals surface area contributed by atoms with Crippen LogP contribution in [0.5, 0.6) is 0 Å². The SMILES string of the molecule is CCCNC(CCc1cnn(C)c1)C1CCCCC1(C)C. The van der Waals surface area contributed by atoms with E-state index in [1.807, 2.05) is 17.9 Å². The van der Waals surface area contributed by atoms with Gasteiger partial charge in [0.25, 0.3) is 0 Å². The van der Waals surface area contributed by atoms with Gasteiger partial charge in [-0.3, -0.25) is 4.68 Å². The molecule has 0 radical (unpaired) electrons.